The van der Waals surface area contributed by atoms with Crippen molar-refractivity contribution >= 4 is 33.0 Å². The summed E-state index contributed by atoms with van der Waals surface area (Å²) in [6.45, 7) is 7.04. The third-order valence-electron chi connectivity index (χ3n) is 7.86. The lowest BCUT2D eigenvalue weighted by molar-refractivity contribution is 0.100. The fourth-order valence-corrected chi connectivity index (χ4v) is 6.13. The summed E-state index contributed by atoms with van der Waals surface area (Å²) in [4.78, 5) is 13.6. The summed E-state index contributed by atoms with van der Waals surface area (Å²) < 4.78 is 0. The molecule has 4 aromatic rings. The lowest BCUT2D eigenvalue weighted by Crippen LogP contribution is -2.39. The van der Waals surface area contributed by atoms with E-state index in [0.29, 0.717) is 11.6 Å². The largest absolute Gasteiger partial charge is 0.366 e. The van der Waals surface area contributed by atoms with Gasteiger partial charge in [-0.1, -0.05) is 92.7 Å². The van der Waals surface area contributed by atoms with E-state index in [0.717, 1.165) is 10.8 Å². The molecule has 1 amide bonds. The Morgan fingerprint density at radius 3 is 2.26 bits per heavy atom. The van der Waals surface area contributed by atoms with E-state index in [2.05, 4.69) is 67.3 Å². The van der Waals surface area contributed by atoms with Crippen molar-refractivity contribution in [3.05, 3.63) is 113 Å². The van der Waals surface area contributed by atoms with E-state index in [-0.39, 0.29) is 5.91 Å². The fourth-order valence-electron chi connectivity index (χ4n) is 6.13. The van der Waals surface area contributed by atoms with Crippen LogP contribution in [0.3, 0.4) is 0 Å². The number of fused-ring (bicyclic) bond motifs is 5. The standard InChI is InChI=1S/C24H29N.C11H9NO/c1-3-16-25(17-4-2)24-11-7-10-20-22-13-12-18-8-5-6-9-19(18)21(22)14-15-23(20)24;12-11(13)10-6-5-8-3-1-2-4-9(8)7-10/h5-10,12-13,24H,3-4,11,14-17H2,1-2H3;1-7H,(H2,12,13)/t24-;/m1./s1. The molecule has 2 aliphatic rings. The highest BCUT2D eigenvalue weighted by Gasteiger charge is 2.29. The highest BCUT2D eigenvalue weighted by molar-refractivity contribution is 5.97. The molecule has 0 spiro atoms. The van der Waals surface area contributed by atoms with Gasteiger partial charge in [-0.2, -0.15) is 0 Å². The number of allylic oxidation sites excluding steroid dienone is 2. The first kappa shape index (κ1) is 25.9. The second-order valence-electron chi connectivity index (χ2n) is 10.4. The molecule has 194 valence electrons. The van der Waals surface area contributed by atoms with Crippen LogP contribution in [0.4, 0.5) is 0 Å². The minimum absolute atomic E-state index is 0.384. The van der Waals surface area contributed by atoms with Gasteiger partial charge in [0.15, 0.2) is 0 Å². The van der Waals surface area contributed by atoms with Crippen molar-refractivity contribution in [1.82, 2.24) is 4.90 Å². The summed E-state index contributed by atoms with van der Waals surface area (Å²) in [5.74, 6) is -0.384. The molecule has 0 fully saturated rings. The van der Waals surface area contributed by atoms with Crippen molar-refractivity contribution in [3.63, 3.8) is 0 Å². The van der Waals surface area contributed by atoms with Gasteiger partial charge >= 0.3 is 0 Å². The summed E-state index contributed by atoms with van der Waals surface area (Å²) in [7, 11) is 0. The SMILES string of the molecule is CCCN(CCC)[C@@H]1CC=CC2=C1CCc1c2ccc2ccccc12.NC(=O)c1ccc2ccccc2c1. The van der Waals surface area contributed by atoms with Gasteiger partial charge in [-0.3, -0.25) is 9.69 Å². The topological polar surface area (TPSA) is 46.3 Å². The van der Waals surface area contributed by atoms with Crippen LogP contribution >= 0.6 is 0 Å². The second kappa shape index (κ2) is 11.8. The zero-order chi connectivity index (χ0) is 26.5. The molecule has 38 heavy (non-hydrogen) atoms. The van der Waals surface area contributed by atoms with Crippen LogP contribution in [0.1, 0.15) is 61.0 Å². The monoisotopic (exact) mass is 502 g/mol. The third-order valence-corrected chi connectivity index (χ3v) is 7.86. The van der Waals surface area contributed by atoms with Gasteiger partial charge in [-0.15, -0.1) is 0 Å². The lowest BCUT2D eigenvalue weighted by atomic mass is 9.77. The first-order valence-electron chi connectivity index (χ1n) is 14.0. The summed E-state index contributed by atoms with van der Waals surface area (Å²) in [6.07, 6.45) is 10.9. The molecule has 3 heteroatoms. The maximum absolute atomic E-state index is 10.9. The van der Waals surface area contributed by atoms with Gasteiger partial charge in [0, 0.05) is 11.6 Å². The van der Waals surface area contributed by atoms with E-state index in [9.17, 15) is 4.79 Å². The average molecular weight is 503 g/mol. The van der Waals surface area contributed by atoms with Crippen molar-refractivity contribution in [2.45, 2.75) is 52.0 Å². The molecule has 1 atom stereocenters. The zero-order valence-electron chi connectivity index (χ0n) is 22.6. The van der Waals surface area contributed by atoms with Gasteiger partial charge < -0.3 is 5.73 Å². The lowest BCUT2D eigenvalue weighted by Gasteiger charge is -2.38. The Hall–Kier alpha value is -3.69. The summed E-state index contributed by atoms with van der Waals surface area (Å²) in [5, 5.41) is 4.98. The number of amides is 1. The number of primary amides is 1. The van der Waals surface area contributed by atoms with Crippen LogP contribution in [0.5, 0.6) is 0 Å². The smallest absolute Gasteiger partial charge is 0.248 e. The number of aryl methyl sites for hydroxylation is 1. The van der Waals surface area contributed by atoms with E-state index in [4.69, 9.17) is 5.73 Å². The molecule has 6 rings (SSSR count). The van der Waals surface area contributed by atoms with Crippen LogP contribution in [-0.2, 0) is 6.42 Å². The van der Waals surface area contributed by atoms with Crippen LogP contribution in [0.2, 0.25) is 0 Å². The minimum Gasteiger partial charge on any atom is -0.366 e. The molecule has 0 bridgehead atoms. The van der Waals surface area contributed by atoms with Crippen LogP contribution < -0.4 is 5.73 Å². The van der Waals surface area contributed by atoms with E-state index < -0.39 is 0 Å². The number of nitrogens with zero attached hydrogens (tertiary/aromatic N) is 1. The number of rotatable bonds is 6. The maximum atomic E-state index is 10.9. The molecular weight excluding hydrogens is 464 g/mol. The van der Waals surface area contributed by atoms with E-state index >= 15 is 0 Å². The predicted molar refractivity (Wildman–Crippen MR) is 161 cm³/mol. The van der Waals surface area contributed by atoms with Gasteiger partial charge in [-0.05, 0) is 101 Å². The van der Waals surface area contributed by atoms with Crippen molar-refractivity contribution in [2.75, 3.05) is 13.1 Å². The van der Waals surface area contributed by atoms with Crippen molar-refractivity contribution < 1.29 is 4.79 Å². The quantitative estimate of drug-likeness (QED) is 0.291. The Morgan fingerprint density at radius 1 is 0.842 bits per heavy atom. The molecule has 0 heterocycles. The highest BCUT2D eigenvalue weighted by atomic mass is 16.1. The number of carbonyl (C=O) groups excluding carboxylic acids is 1. The number of benzene rings is 4. The van der Waals surface area contributed by atoms with E-state index in [1.807, 2.05) is 30.3 Å². The summed E-state index contributed by atoms with van der Waals surface area (Å²) >= 11 is 0. The Balaban J connectivity index is 0.000000190. The molecule has 2 N–H and O–H groups in total. The van der Waals surface area contributed by atoms with Gasteiger partial charge in [-0.25, -0.2) is 0 Å². The Labute approximate surface area is 226 Å². The molecule has 0 aromatic heterocycles. The maximum Gasteiger partial charge on any atom is 0.248 e. The molecule has 0 unspecified atom stereocenters. The van der Waals surface area contributed by atoms with Crippen molar-refractivity contribution in [3.8, 4) is 0 Å². The fraction of sp³-hybridized carbons (Fsp3) is 0.286. The zero-order valence-corrected chi connectivity index (χ0v) is 22.6. The molecule has 4 aromatic carbocycles. The van der Waals surface area contributed by atoms with Gasteiger partial charge in [0.1, 0.15) is 0 Å². The average Bonchev–Trinajstić information content (AvgIpc) is 2.96. The molecular formula is C35H38N2O. The predicted octanol–water partition coefficient (Wildman–Crippen LogP) is 7.93. The third kappa shape index (κ3) is 5.30. The molecule has 0 aliphatic heterocycles. The molecule has 0 saturated carbocycles. The molecule has 3 nitrogen and oxygen atoms in total. The number of hydrogen-bond acceptors (Lipinski definition) is 2. The van der Waals surface area contributed by atoms with Gasteiger partial charge in [0.25, 0.3) is 0 Å². The van der Waals surface area contributed by atoms with Crippen molar-refractivity contribution in [1.29, 1.82) is 0 Å². The Bertz CT molecular complexity index is 1510. The van der Waals surface area contributed by atoms with Gasteiger partial charge in [0.2, 0.25) is 5.91 Å². The van der Waals surface area contributed by atoms with Crippen LogP contribution in [0.25, 0.3) is 27.1 Å². The highest BCUT2D eigenvalue weighted by Crippen LogP contribution is 2.41. The number of carbonyl (C=O) groups is 1. The van der Waals surface area contributed by atoms with Gasteiger partial charge in [0.05, 0.1) is 0 Å². The second-order valence-corrected chi connectivity index (χ2v) is 10.4. The normalized spacial score (nSPS) is 16.2. The van der Waals surface area contributed by atoms with Crippen LogP contribution in [-0.4, -0.2) is 29.9 Å². The number of nitrogens with two attached hydrogens (primary N) is 1. The molecule has 2 aliphatic carbocycles. The van der Waals surface area contributed by atoms with Crippen LogP contribution in [0.15, 0.2) is 96.6 Å². The Kier molecular flexibility index (Phi) is 8.05. The minimum atomic E-state index is -0.384. The van der Waals surface area contributed by atoms with Crippen molar-refractivity contribution in [2.24, 2.45) is 5.73 Å². The molecule has 0 saturated heterocycles. The molecule has 0 radical (unpaired) electrons. The Morgan fingerprint density at radius 2 is 1.53 bits per heavy atom. The number of hydrogen-bond donors (Lipinski definition) is 1. The van der Waals surface area contributed by atoms with E-state index in [1.54, 1.807) is 23.3 Å². The van der Waals surface area contributed by atoms with E-state index in [1.165, 1.54) is 67.1 Å². The first-order valence-corrected chi connectivity index (χ1v) is 14.0. The van der Waals surface area contributed by atoms with Crippen LogP contribution in [0, 0.1) is 0 Å². The summed E-state index contributed by atoms with van der Waals surface area (Å²) in [6, 6.07) is 27.4. The first-order chi connectivity index (χ1) is 18.6. The summed E-state index contributed by atoms with van der Waals surface area (Å²) in [5.41, 5.74) is 12.0.